The zero-order valence-corrected chi connectivity index (χ0v) is 13.6. The zero-order valence-electron chi connectivity index (χ0n) is 12.0. The van der Waals surface area contributed by atoms with Gasteiger partial charge in [-0.15, -0.1) is 0 Å². The third kappa shape index (κ3) is 3.92. The number of aromatic amines is 1. The molecular weight excluding hydrogens is 334 g/mol. The monoisotopic (exact) mass is 351 g/mol. The van der Waals surface area contributed by atoms with Crippen LogP contribution in [0.4, 0.5) is 0 Å². The summed E-state index contributed by atoms with van der Waals surface area (Å²) in [6.45, 7) is 5.36. The van der Waals surface area contributed by atoms with Crippen molar-refractivity contribution in [3.05, 3.63) is 44.7 Å². The van der Waals surface area contributed by atoms with Crippen molar-refractivity contribution >= 4 is 32.7 Å². The number of hydrogen-bond donors (Lipinski definition) is 3. The number of hydrogen-bond acceptors (Lipinski definition) is 3. The Morgan fingerprint density at radius 1 is 1.38 bits per heavy atom. The highest BCUT2D eigenvalue weighted by molar-refractivity contribution is 9.10. The van der Waals surface area contributed by atoms with Crippen LogP contribution in [0.1, 0.15) is 24.2 Å². The molecule has 5 nitrogen and oxygen atoms in total. The highest BCUT2D eigenvalue weighted by Gasteiger charge is 2.12. The third-order valence-corrected chi connectivity index (χ3v) is 3.66. The minimum absolute atomic E-state index is 0.180. The van der Waals surface area contributed by atoms with Gasteiger partial charge in [0.05, 0.1) is 5.56 Å². The Kier molecular flexibility index (Phi) is 5.14. The van der Waals surface area contributed by atoms with E-state index < -0.39 is 0 Å². The summed E-state index contributed by atoms with van der Waals surface area (Å²) in [5, 5.41) is 6.79. The average molecular weight is 352 g/mol. The van der Waals surface area contributed by atoms with E-state index in [1.807, 2.05) is 26.0 Å². The molecule has 1 heterocycles. The van der Waals surface area contributed by atoms with Crippen molar-refractivity contribution in [3.63, 3.8) is 0 Å². The minimum Gasteiger partial charge on any atom is -0.350 e. The molecule has 2 aromatic rings. The molecule has 3 N–H and O–H groups in total. The second-order valence-electron chi connectivity index (χ2n) is 4.91. The van der Waals surface area contributed by atoms with Crippen LogP contribution >= 0.6 is 15.9 Å². The van der Waals surface area contributed by atoms with Gasteiger partial charge in [-0.2, -0.15) is 0 Å². The van der Waals surface area contributed by atoms with E-state index in [1.54, 1.807) is 6.07 Å². The molecule has 1 atom stereocenters. The van der Waals surface area contributed by atoms with Crippen LogP contribution in [-0.4, -0.2) is 30.0 Å². The number of aromatic nitrogens is 1. The van der Waals surface area contributed by atoms with Crippen LogP contribution in [0.15, 0.2) is 33.5 Å². The first-order valence-corrected chi connectivity index (χ1v) is 7.64. The topological polar surface area (TPSA) is 74.0 Å². The van der Waals surface area contributed by atoms with E-state index in [0.717, 1.165) is 16.4 Å². The summed E-state index contributed by atoms with van der Waals surface area (Å²) in [5.74, 6) is -0.242. The van der Waals surface area contributed by atoms with Crippen molar-refractivity contribution in [2.75, 3.05) is 13.1 Å². The van der Waals surface area contributed by atoms with Gasteiger partial charge in [-0.25, -0.2) is 0 Å². The maximum atomic E-state index is 12.3. The van der Waals surface area contributed by atoms with Crippen molar-refractivity contribution in [2.24, 2.45) is 0 Å². The van der Waals surface area contributed by atoms with Crippen molar-refractivity contribution in [3.8, 4) is 0 Å². The van der Waals surface area contributed by atoms with Crippen molar-refractivity contribution in [1.29, 1.82) is 0 Å². The van der Waals surface area contributed by atoms with E-state index >= 15 is 0 Å². The number of amides is 1. The third-order valence-electron chi connectivity index (χ3n) is 3.17. The molecule has 0 bridgehead atoms. The molecule has 0 fully saturated rings. The van der Waals surface area contributed by atoms with Crippen LogP contribution in [0.5, 0.6) is 0 Å². The first-order valence-electron chi connectivity index (χ1n) is 6.85. The molecule has 2 rings (SSSR count). The van der Waals surface area contributed by atoms with E-state index in [9.17, 15) is 9.59 Å². The van der Waals surface area contributed by atoms with Crippen molar-refractivity contribution in [2.45, 2.75) is 19.9 Å². The smallest absolute Gasteiger partial charge is 0.252 e. The first kappa shape index (κ1) is 15.7. The number of fused-ring (bicyclic) bond motifs is 1. The maximum Gasteiger partial charge on any atom is 0.252 e. The lowest BCUT2D eigenvalue weighted by Gasteiger charge is -2.14. The molecule has 21 heavy (non-hydrogen) atoms. The number of rotatable bonds is 5. The molecule has 0 unspecified atom stereocenters. The second-order valence-corrected chi connectivity index (χ2v) is 5.82. The van der Waals surface area contributed by atoms with Crippen LogP contribution < -0.4 is 16.2 Å². The van der Waals surface area contributed by atoms with Gasteiger partial charge in [0, 0.05) is 34.0 Å². The van der Waals surface area contributed by atoms with Gasteiger partial charge in [-0.05, 0) is 31.7 Å². The van der Waals surface area contributed by atoms with Gasteiger partial charge in [0.2, 0.25) is 5.56 Å². The largest absolute Gasteiger partial charge is 0.350 e. The summed E-state index contributed by atoms with van der Waals surface area (Å²) in [7, 11) is 0. The average Bonchev–Trinajstić information content (AvgIpc) is 2.44. The number of pyridine rings is 1. The van der Waals surface area contributed by atoms with Gasteiger partial charge < -0.3 is 15.6 Å². The molecule has 0 aliphatic heterocycles. The van der Waals surface area contributed by atoms with E-state index in [-0.39, 0.29) is 17.5 Å². The number of halogens is 1. The highest BCUT2D eigenvalue weighted by Crippen LogP contribution is 2.20. The van der Waals surface area contributed by atoms with Gasteiger partial charge in [0.25, 0.3) is 5.91 Å². The van der Waals surface area contributed by atoms with E-state index in [1.165, 1.54) is 6.07 Å². The maximum absolute atomic E-state index is 12.3. The lowest BCUT2D eigenvalue weighted by atomic mass is 10.1. The normalized spacial score (nSPS) is 12.3. The van der Waals surface area contributed by atoms with Crippen LogP contribution in [0, 0.1) is 0 Å². The molecule has 1 amide bonds. The SMILES string of the molecule is CCN[C@H](C)CNC(=O)c1cc(=O)[nH]c2ccc(Br)cc12. The molecule has 6 heteroatoms. The number of carbonyl (C=O) groups excluding carboxylic acids is 1. The molecule has 0 radical (unpaired) electrons. The summed E-state index contributed by atoms with van der Waals surface area (Å²) in [4.78, 5) is 26.7. The Balaban J connectivity index is 2.30. The Labute approximate surface area is 131 Å². The summed E-state index contributed by atoms with van der Waals surface area (Å²) in [6.07, 6.45) is 0. The molecule has 0 aliphatic carbocycles. The fraction of sp³-hybridized carbons (Fsp3) is 0.333. The standard InChI is InChI=1S/C15H18BrN3O2/c1-3-17-9(2)8-18-15(21)12-7-14(20)19-13-5-4-10(16)6-11(12)13/h4-7,9,17H,3,8H2,1-2H3,(H,18,21)(H,19,20)/t9-/m1/s1. The molecule has 0 saturated carbocycles. The number of H-pyrrole nitrogens is 1. The fourth-order valence-electron chi connectivity index (χ4n) is 2.18. The van der Waals surface area contributed by atoms with Crippen LogP contribution in [0.2, 0.25) is 0 Å². The molecule has 1 aromatic carbocycles. The lowest BCUT2D eigenvalue weighted by Crippen LogP contribution is -2.39. The van der Waals surface area contributed by atoms with Crippen molar-refractivity contribution in [1.82, 2.24) is 15.6 Å². The molecular formula is C15H18BrN3O2. The Hall–Kier alpha value is -1.66. The van der Waals surface area contributed by atoms with Gasteiger partial charge in [-0.1, -0.05) is 22.9 Å². The minimum atomic E-state index is -0.283. The predicted molar refractivity (Wildman–Crippen MR) is 87.7 cm³/mol. The van der Waals surface area contributed by atoms with E-state index in [4.69, 9.17) is 0 Å². The molecule has 0 saturated heterocycles. The van der Waals surface area contributed by atoms with Crippen LogP contribution in [0.25, 0.3) is 10.9 Å². The van der Waals surface area contributed by atoms with Crippen molar-refractivity contribution < 1.29 is 4.79 Å². The molecule has 0 aliphatic rings. The summed E-state index contributed by atoms with van der Waals surface area (Å²) in [5.41, 5.74) is 0.754. The molecule has 1 aromatic heterocycles. The lowest BCUT2D eigenvalue weighted by molar-refractivity contribution is 0.0951. The second kappa shape index (κ2) is 6.87. The predicted octanol–water partition coefficient (Wildman–Crippen LogP) is 2.02. The van der Waals surface area contributed by atoms with Crippen LogP contribution in [-0.2, 0) is 0 Å². The summed E-state index contributed by atoms with van der Waals surface area (Å²) >= 11 is 3.38. The molecule has 0 spiro atoms. The number of nitrogens with one attached hydrogen (secondary N) is 3. The van der Waals surface area contributed by atoms with Gasteiger partial charge in [0.1, 0.15) is 0 Å². The van der Waals surface area contributed by atoms with Gasteiger partial charge >= 0.3 is 0 Å². The highest BCUT2D eigenvalue weighted by atomic mass is 79.9. The first-order chi connectivity index (χ1) is 10.0. The Morgan fingerprint density at radius 3 is 2.86 bits per heavy atom. The summed E-state index contributed by atoms with van der Waals surface area (Å²) in [6, 6.07) is 6.95. The van der Waals surface area contributed by atoms with Gasteiger partial charge in [0.15, 0.2) is 0 Å². The van der Waals surface area contributed by atoms with Gasteiger partial charge in [-0.3, -0.25) is 9.59 Å². The Morgan fingerprint density at radius 2 is 2.14 bits per heavy atom. The zero-order chi connectivity index (χ0) is 15.4. The Bertz CT molecular complexity index is 712. The van der Waals surface area contributed by atoms with E-state index in [0.29, 0.717) is 17.6 Å². The summed E-state index contributed by atoms with van der Waals surface area (Å²) < 4.78 is 0.858. The fourth-order valence-corrected chi connectivity index (χ4v) is 2.54. The van der Waals surface area contributed by atoms with Crippen LogP contribution in [0.3, 0.4) is 0 Å². The number of benzene rings is 1. The molecule has 112 valence electrons. The number of likely N-dealkylation sites (N-methyl/N-ethyl adjacent to an activating group) is 1. The number of carbonyl (C=O) groups is 1. The quantitative estimate of drug-likeness (QED) is 0.771. The van der Waals surface area contributed by atoms with E-state index in [2.05, 4.69) is 31.5 Å².